The molecule has 2 aromatic rings. The Labute approximate surface area is 127 Å². The van der Waals surface area contributed by atoms with Crippen molar-refractivity contribution < 1.29 is 9.47 Å². The Bertz CT molecular complexity index is 561. The third-order valence-electron chi connectivity index (χ3n) is 2.86. The molecule has 0 aliphatic carbocycles. The van der Waals surface area contributed by atoms with Crippen LogP contribution in [-0.2, 0) is 6.54 Å². The van der Waals surface area contributed by atoms with Gasteiger partial charge in [-0.2, -0.15) is 0 Å². The van der Waals surface area contributed by atoms with Gasteiger partial charge in [0.05, 0.1) is 14.2 Å². The highest BCUT2D eigenvalue weighted by atomic mass is 79.9. The van der Waals surface area contributed by atoms with Gasteiger partial charge in [-0.25, -0.2) is 5.43 Å². The maximum atomic E-state index is 5.43. The van der Waals surface area contributed by atoms with Crippen LogP contribution in [0.5, 0.6) is 11.5 Å². The monoisotopic (exact) mass is 336 g/mol. The minimum Gasteiger partial charge on any atom is -0.493 e. The van der Waals surface area contributed by atoms with E-state index in [0.717, 1.165) is 21.5 Å². The Hall–Kier alpha value is -1.72. The van der Waals surface area contributed by atoms with E-state index < -0.39 is 0 Å². The first kappa shape index (κ1) is 14.7. The number of methoxy groups -OCH3 is 2. The molecule has 5 heteroatoms. The van der Waals surface area contributed by atoms with E-state index in [1.54, 1.807) is 14.2 Å². The number of nitrogens with one attached hydrogen (secondary N) is 2. The summed E-state index contributed by atoms with van der Waals surface area (Å²) in [5, 5.41) is 0. The molecule has 0 aliphatic heterocycles. The van der Waals surface area contributed by atoms with E-state index in [2.05, 4.69) is 26.8 Å². The summed E-state index contributed by atoms with van der Waals surface area (Å²) in [6, 6.07) is 13.7. The summed E-state index contributed by atoms with van der Waals surface area (Å²) in [4.78, 5) is 0. The molecule has 0 aromatic heterocycles. The smallest absolute Gasteiger partial charge is 0.166 e. The number of rotatable bonds is 6. The third kappa shape index (κ3) is 3.43. The topological polar surface area (TPSA) is 42.5 Å². The van der Waals surface area contributed by atoms with Gasteiger partial charge >= 0.3 is 0 Å². The molecule has 0 fully saturated rings. The van der Waals surface area contributed by atoms with Crippen LogP contribution in [0.4, 0.5) is 5.69 Å². The Morgan fingerprint density at radius 1 is 1.00 bits per heavy atom. The van der Waals surface area contributed by atoms with Crippen molar-refractivity contribution in [2.75, 3.05) is 19.6 Å². The highest BCUT2D eigenvalue weighted by Gasteiger charge is 2.13. The predicted octanol–water partition coefficient (Wildman–Crippen LogP) is 3.58. The molecular formula is C15H17BrN2O2. The lowest BCUT2D eigenvalue weighted by atomic mass is 10.2. The number of ether oxygens (including phenoxy) is 2. The average molecular weight is 337 g/mol. The number of para-hydroxylation sites is 1. The van der Waals surface area contributed by atoms with Gasteiger partial charge in [0.15, 0.2) is 11.5 Å². The number of benzene rings is 2. The summed E-state index contributed by atoms with van der Waals surface area (Å²) >= 11 is 3.53. The van der Waals surface area contributed by atoms with Crippen LogP contribution in [0.25, 0.3) is 0 Å². The Kier molecular flexibility index (Phi) is 5.26. The molecule has 106 valence electrons. The van der Waals surface area contributed by atoms with E-state index >= 15 is 0 Å². The molecule has 0 heterocycles. The quantitative estimate of drug-likeness (QED) is 0.791. The van der Waals surface area contributed by atoms with E-state index in [-0.39, 0.29) is 0 Å². The second kappa shape index (κ2) is 7.17. The first-order chi connectivity index (χ1) is 9.76. The van der Waals surface area contributed by atoms with Crippen molar-refractivity contribution in [1.29, 1.82) is 0 Å². The summed E-state index contributed by atoms with van der Waals surface area (Å²) in [5.74, 6) is 1.44. The van der Waals surface area contributed by atoms with E-state index in [0.29, 0.717) is 12.3 Å². The normalized spacial score (nSPS) is 10.2. The first-order valence-corrected chi connectivity index (χ1v) is 6.99. The summed E-state index contributed by atoms with van der Waals surface area (Å²) < 4.78 is 11.7. The second-order valence-electron chi connectivity index (χ2n) is 4.11. The zero-order chi connectivity index (χ0) is 14.4. The molecular weight excluding hydrogens is 320 g/mol. The van der Waals surface area contributed by atoms with Gasteiger partial charge in [-0.05, 0) is 24.3 Å². The molecule has 4 nitrogen and oxygen atoms in total. The SMILES string of the molecule is COc1ccc(Br)c(CNNc2ccccc2)c1OC. The lowest BCUT2D eigenvalue weighted by Crippen LogP contribution is -2.21. The lowest BCUT2D eigenvalue weighted by Gasteiger charge is -2.15. The van der Waals surface area contributed by atoms with Gasteiger partial charge in [0.25, 0.3) is 0 Å². The molecule has 2 aromatic carbocycles. The van der Waals surface area contributed by atoms with E-state index in [1.165, 1.54) is 0 Å². The van der Waals surface area contributed by atoms with Crippen LogP contribution in [0, 0.1) is 0 Å². The third-order valence-corrected chi connectivity index (χ3v) is 3.61. The van der Waals surface area contributed by atoms with Gasteiger partial charge in [0.1, 0.15) is 0 Å². The fourth-order valence-electron chi connectivity index (χ4n) is 1.89. The Morgan fingerprint density at radius 2 is 1.75 bits per heavy atom. The molecule has 2 rings (SSSR count). The zero-order valence-electron chi connectivity index (χ0n) is 11.4. The summed E-state index contributed by atoms with van der Waals surface area (Å²) in [5.41, 5.74) is 8.31. The Morgan fingerprint density at radius 3 is 2.40 bits per heavy atom. The molecule has 0 bridgehead atoms. The fourth-order valence-corrected chi connectivity index (χ4v) is 2.34. The number of hydrazine groups is 1. The number of anilines is 1. The van der Waals surface area contributed by atoms with E-state index in [1.807, 2.05) is 42.5 Å². The van der Waals surface area contributed by atoms with Crippen LogP contribution < -0.4 is 20.3 Å². The molecule has 0 aliphatic rings. The van der Waals surface area contributed by atoms with Crippen LogP contribution in [0.3, 0.4) is 0 Å². The van der Waals surface area contributed by atoms with Gasteiger partial charge in [0.2, 0.25) is 0 Å². The van der Waals surface area contributed by atoms with Gasteiger partial charge in [-0.1, -0.05) is 34.1 Å². The van der Waals surface area contributed by atoms with Crippen molar-refractivity contribution in [2.24, 2.45) is 0 Å². The maximum absolute atomic E-state index is 5.43. The van der Waals surface area contributed by atoms with E-state index in [4.69, 9.17) is 9.47 Å². The standard InChI is InChI=1S/C15H17BrN2O2/c1-19-14-9-8-13(16)12(15(14)20-2)10-17-18-11-6-4-3-5-7-11/h3-9,17-18H,10H2,1-2H3. The van der Waals surface area contributed by atoms with Crippen LogP contribution >= 0.6 is 15.9 Å². The summed E-state index contributed by atoms with van der Waals surface area (Å²) in [7, 11) is 3.27. The van der Waals surface area contributed by atoms with Gasteiger partial charge in [0, 0.05) is 22.3 Å². The van der Waals surface area contributed by atoms with Crippen molar-refractivity contribution in [3.8, 4) is 11.5 Å². The summed E-state index contributed by atoms with van der Waals surface area (Å²) in [6.45, 7) is 0.593. The number of hydrogen-bond donors (Lipinski definition) is 2. The van der Waals surface area contributed by atoms with Gasteiger partial charge in [-0.15, -0.1) is 0 Å². The predicted molar refractivity (Wildman–Crippen MR) is 84.2 cm³/mol. The van der Waals surface area contributed by atoms with Gasteiger partial charge in [-0.3, -0.25) is 0 Å². The molecule has 0 radical (unpaired) electrons. The van der Waals surface area contributed by atoms with Crippen molar-refractivity contribution in [3.63, 3.8) is 0 Å². The van der Waals surface area contributed by atoms with Crippen LogP contribution in [-0.4, -0.2) is 14.2 Å². The van der Waals surface area contributed by atoms with Crippen molar-refractivity contribution in [3.05, 3.63) is 52.5 Å². The lowest BCUT2D eigenvalue weighted by molar-refractivity contribution is 0.350. The molecule has 0 saturated carbocycles. The minimum absolute atomic E-state index is 0.593. The molecule has 2 N–H and O–H groups in total. The van der Waals surface area contributed by atoms with Crippen molar-refractivity contribution in [2.45, 2.75) is 6.54 Å². The summed E-state index contributed by atoms with van der Waals surface area (Å²) in [6.07, 6.45) is 0. The number of halogens is 1. The molecule has 20 heavy (non-hydrogen) atoms. The van der Waals surface area contributed by atoms with Crippen LogP contribution in [0.1, 0.15) is 5.56 Å². The highest BCUT2D eigenvalue weighted by Crippen LogP contribution is 2.35. The molecule has 0 amide bonds. The van der Waals surface area contributed by atoms with Gasteiger partial charge < -0.3 is 14.9 Å². The first-order valence-electron chi connectivity index (χ1n) is 6.19. The average Bonchev–Trinajstić information content (AvgIpc) is 2.49. The van der Waals surface area contributed by atoms with Crippen molar-refractivity contribution in [1.82, 2.24) is 5.43 Å². The molecule has 0 atom stereocenters. The molecule has 0 spiro atoms. The second-order valence-corrected chi connectivity index (χ2v) is 4.96. The maximum Gasteiger partial charge on any atom is 0.166 e. The zero-order valence-corrected chi connectivity index (χ0v) is 13.0. The minimum atomic E-state index is 0.593. The van der Waals surface area contributed by atoms with E-state index in [9.17, 15) is 0 Å². The molecule has 0 unspecified atom stereocenters. The van der Waals surface area contributed by atoms with Crippen LogP contribution in [0.2, 0.25) is 0 Å². The number of hydrogen-bond acceptors (Lipinski definition) is 4. The Balaban J connectivity index is 2.09. The largest absolute Gasteiger partial charge is 0.493 e. The fraction of sp³-hybridized carbons (Fsp3) is 0.200. The van der Waals surface area contributed by atoms with Crippen molar-refractivity contribution >= 4 is 21.6 Å². The van der Waals surface area contributed by atoms with Crippen LogP contribution in [0.15, 0.2) is 46.9 Å². The molecule has 0 saturated heterocycles. The highest BCUT2D eigenvalue weighted by molar-refractivity contribution is 9.10.